The van der Waals surface area contributed by atoms with Crippen molar-refractivity contribution in [1.29, 1.82) is 0 Å². The van der Waals surface area contributed by atoms with E-state index in [0.29, 0.717) is 22.2 Å². The molecule has 1 aliphatic rings. The van der Waals surface area contributed by atoms with E-state index in [1.807, 2.05) is 0 Å². The minimum atomic E-state index is -0.889. The molecule has 0 radical (unpaired) electrons. The second-order valence-corrected chi connectivity index (χ2v) is 5.21. The van der Waals surface area contributed by atoms with E-state index in [0.717, 1.165) is 19.3 Å². The maximum atomic E-state index is 11.4. The van der Waals surface area contributed by atoms with Crippen LogP contribution in [0.4, 0.5) is 0 Å². The molecule has 0 spiro atoms. The van der Waals surface area contributed by atoms with Crippen LogP contribution in [-0.4, -0.2) is 23.8 Å². The van der Waals surface area contributed by atoms with Gasteiger partial charge in [0.1, 0.15) is 5.92 Å². The average Bonchev–Trinajstić information content (AvgIpc) is 2.35. The third-order valence-electron chi connectivity index (χ3n) is 3.16. The molecule has 0 aromatic heterocycles. The molecular weight excluding hydrogens is 275 g/mol. The average molecular weight is 289 g/mol. The molecule has 2 rings (SSSR count). The summed E-state index contributed by atoms with van der Waals surface area (Å²) in [6.45, 7) is 0.621. The quantitative estimate of drug-likeness (QED) is 0.922. The fourth-order valence-corrected chi connectivity index (χ4v) is 2.56. The number of carboxylic acids is 1. The number of hydrogen-bond donors (Lipinski definition) is 1. The highest BCUT2D eigenvalue weighted by Gasteiger charge is 2.32. The number of ether oxygens (including phenoxy) is 1. The molecule has 1 aliphatic heterocycles. The third kappa shape index (κ3) is 2.97. The topological polar surface area (TPSA) is 46.5 Å². The van der Waals surface area contributed by atoms with Crippen molar-refractivity contribution in [2.45, 2.75) is 31.3 Å². The van der Waals surface area contributed by atoms with Crippen LogP contribution in [0.2, 0.25) is 10.0 Å². The monoisotopic (exact) mass is 288 g/mol. The Morgan fingerprint density at radius 1 is 1.33 bits per heavy atom. The van der Waals surface area contributed by atoms with Crippen LogP contribution in [0.5, 0.6) is 0 Å². The van der Waals surface area contributed by atoms with E-state index in [1.165, 1.54) is 0 Å². The molecular formula is C13H14Cl2O3. The minimum Gasteiger partial charge on any atom is -0.481 e. The van der Waals surface area contributed by atoms with Gasteiger partial charge in [0.2, 0.25) is 0 Å². The van der Waals surface area contributed by atoms with Crippen LogP contribution in [0.25, 0.3) is 0 Å². The zero-order valence-corrected chi connectivity index (χ0v) is 11.2. The van der Waals surface area contributed by atoms with E-state index in [4.69, 9.17) is 27.9 Å². The van der Waals surface area contributed by atoms with Gasteiger partial charge >= 0.3 is 5.97 Å². The molecule has 3 nitrogen and oxygen atoms in total. The Morgan fingerprint density at radius 2 is 2.11 bits per heavy atom. The Bertz CT molecular complexity index is 442. The Hall–Kier alpha value is -0.770. The number of benzene rings is 1. The van der Waals surface area contributed by atoms with Crippen molar-refractivity contribution in [3.8, 4) is 0 Å². The molecule has 1 aromatic rings. The van der Waals surface area contributed by atoms with Crippen molar-refractivity contribution in [3.05, 3.63) is 33.8 Å². The number of aliphatic carboxylic acids is 1. The molecule has 1 fully saturated rings. The highest BCUT2D eigenvalue weighted by atomic mass is 35.5. The number of halogens is 2. The zero-order chi connectivity index (χ0) is 13.1. The van der Waals surface area contributed by atoms with Gasteiger partial charge in [-0.2, -0.15) is 0 Å². The fraction of sp³-hybridized carbons (Fsp3) is 0.462. The Balaban J connectivity index is 2.28. The van der Waals surface area contributed by atoms with Gasteiger partial charge in [-0.05, 0) is 37.0 Å². The first-order valence-corrected chi connectivity index (χ1v) is 6.64. The summed E-state index contributed by atoms with van der Waals surface area (Å²) >= 11 is 11.8. The van der Waals surface area contributed by atoms with Crippen LogP contribution in [0.3, 0.4) is 0 Å². The smallest absolute Gasteiger partial charge is 0.313 e. The van der Waals surface area contributed by atoms with Crippen molar-refractivity contribution < 1.29 is 14.6 Å². The molecule has 2 atom stereocenters. The van der Waals surface area contributed by atoms with Crippen molar-refractivity contribution >= 4 is 29.2 Å². The Labute approximate surface area is 116 Å². The number of carbonyl (C=O) groups is 1. The first-order valence-electron chi connectivity index (χ1n) is 5.89. The van der Waals surface area contributed by atoms with Gasteiger partial charge in [0.15, 0.2) is 0 Å². The summed E-state index contributed by atoms with van der Waals surface area (Å²) < 4.78 is 5.57. The molecule has 1 heterocycles. The molecule has 0 amide bonds. The largest absolute Gasteiger partial charge is 0.481 e. The number of rotatable bonds is 3. The maximum absolute atomic E-state index is 11.4. The van der Waals surface area contributed by atoms with E-state index in [2.05, 4.69) is 0 Å². The van der Waals surface area contributed by atoms with Crippen LogP contribution in [0.1, 0.15) is 30.7 Å². The molecule has 98 valence electrons. The van der Waals surface area contributed by atoms with Crippen molar-refractivity contribution in [2.24, 2.45) is 0 Å². The van der Waals surface area contributed by atoms with Crippen LogP contribution >= 0.6 is 23.2 Å². The van der Waals surface area contributed by atoms with Gasteiger partial charge in [-0.3, -0.25) is 4.79 Å². The highest BCUT2D eigenvalue weighted by molar-refractivity contribution is 6.42. The molecule has 18 heavy (non-hydrogen) atoms. The second-order valence-electron chi connectivity index (χ2n) is 4.39. The standard InChI is InChI=1S/C13H14Cl2O3/c14-9-5-4-8(7-10(9)15)12(13(16)17)11-3-1-2-6-18-11/h4-5,7,11-12H,1-3,6H2,(H,16,17)/t11-,12-/m0/s1. The molecule has 5 heteroatoms. The van der Waals surface area contributed by atoms with Gasteiger partial charge in [0.05, 0.1) is 16.1 Å². The second kappa shape index (κ2) is 5.91. The van der Waals surface area contributed by atoms with Crippen LogP contribution < -0.4 is 0 Å². The summed E-state index contributed by atoms with van der Waals surface area (Å²) in [5, 5.41) is 10.2. The summed E-state index contributed by atoms with van der Waals surface area (Å²) in [5.41, 5.74) is 0.642. The number of carboxylic acid groups (broad SMARTS) is 1. The molecule has 0 unspecified atom stereocenters. The summed E-state index contributed by atoms with van der Waals surface area (Å²) in [4.78, 5) is 11.4. The molecule has 1 aromatic carbocycles. The molecule has 1 N–H and O–H groups in total. The molecule has 0 bridgehead atoms. The summed E-state index contributed by atoms with van der Waals surface area (Å²) in [7, 11) is 0. The van der Waals surface area contributed by atoms with Gasteiger partial charge < -0.3 is 9.84 Å². The van der Waals surface area contributed by atoms with Gasteiger partial charge in [-0.25, -0.2) is 0 Å². The van der Waals surface area contributed by atoms with E-state index in [-0.39, 0.29) is 6.10 Å². The lowest BCUT2D eigenvalue weighted by molar-refractivity contribution is -0.144. The lowest BCUT2D eigenvalue weighted by Crippen LogP contribution is -2.31. The lowest BCUT2D eigenvalue weighted by atomic mass is 9.89. The summed E-state index contributed by atoms with van der Waals surface area (Å²) in [6.07, 6.45) is 2.46. The van der Waals surface area contributed by atoms with Gasteiger partial charge in [-0.15, -0.1) is 0 Å². The van der Waals surface area contributed by atoms with Crippen LogP contribution in [-0.2, 0) is 9.53 Å². The van der Waals surface area contributed by atoms with Crippen LogP contribution in [0, 0.1) is 0 Å². The SMILES string of the molecule is O=C(O)[C@@H](c1ccc(Cl)c(Cl)c1)[C@@H]1CCCCO1. The molecule has 0 saturated carbocycles. The van der Waals surface area contributed by atoms with E-state index in [9.17, 15) is 9.90 Å². The summed E-state index contributed by atoms with van der Waals surface area (Å²) in [6, 6.07) is 4.93. The first kappa shape index (κ1) is 13.7. The predicted molar refractivity (Wildman–Crippen MR) is 70.4 cm³/mol. The number of hydrogen-bond acceptors (Lipinski definition) is 2. The van der Waals surface area contributed by atoms with Crippen LogP contribution in [0.15, 0.2) is 18.2 Å². The van der Waals surface area contributed by atoms with E-state index >= 15 is 0 Å². The summed E-state index contributed by atoms with van der Waals surface area (Å²) in [5.74, 6) is -1.57. The Kier molecular flexibility index (Phi) is 4.49. The van der Waals surface area contributed by atoms with E-state index in [1.54, 1.807) is 18.2 Å². The van der Waals surface area contributed by atoms with Crippen molar-refractivity contribution in [3.63, 3.8) is 0 Å². The van der Waals surface area contributed by atoms with Gasteiger partial charge in [-0.1, -0.05) is 29.3 Å². The van der Waals surface area contributed by atoms with Gasteiger partial charge in [0, 0.05) is 6.61 Å². The van der Waals surface area contributed by atoms with Crippen molar-refractivity contribution in [2.75, 3.05) is 6.61 Å². The molecule has 1 saturated heterocycles. The minimum absolute atomic E-state index is 0.284. The first-order chi connectivity index (χ1) is 8.59. The third-order valence-corrected chi connectivity index (χ3v) is 3.89. The normalized spacial score (nSPS) is 21.6. The maximum Gasteiger partial charge on any atom is 0.313 e. The van der Waals surface area contributed by atoms with Crippen molar-refractivity contribution in [1.82, 2.24) is 0 Å². The predicted octanol–water partition coefficient (Wildman–Crippen LogP) is 3.73. The molecule has 0 aliphatic carbocycles. The zero-order valence-electron chi connectivity index (χ0n) is 9.73. The van der Waals surface area contributed by atoms with E-state index < -0.39 is 11.9 Å². The highest BCUT2D eigenvalue weighted by Crippen LogP contribution is 2.32. The Morgan fingerprint density at radius 3 is 2.67 bits per heavy atom. The van der Waals surface area contributed by atoms with Gasteiger partial charge in [0.25, 0.3) is 0 Å². The fourth-order valence-electron chi connectivity index (χ4n) is 2.25. The lowest BCUT2D eigenvalue weighted by Gasteiger charge is -2.28.